The highest BCUT2D eigenvalue weighted by Crippen LogP contribution is 2.49. The molecular weight excluding hydrogens is 414 g/mol. The van der Waals surface area contributed by atoms with Gasteiger partial charge in [-0.2, -0.15) is 0 Å². The molecule has 1 aromatic carbocycles. The van der Waals surface area contributed by atoms with Crippen molar-refractivity contribution >= 4 is 17.7 Å². The number of carbonyl (C=O) groups is 3. The van der Waals surface area contributed by atoms with Crippen LogP contribution in [0.3, 0.4) is 0 Å². The van der Waals surface area contributed by atoms with Gasteiger partial charge in [0.25, 0.3) is 0 Å². The van der Waals surface area contributed by atoms with E-state index in [1.54, 1.807) is 32.0 Å². The molecule has 8 nitrogen and oxygen atoms in total. The zero-order valence-corrected chi connectivity index (χ0v) is 19.2. The minimum Gasteiger partial charge on any atom is -0.493 e. The van der Waals surface area contributed by atoms with Gasteiger partial charge < -0.3 is 24.3 Å². The summed E-state index contributed by atoms with van der Waals surface area (Å²) in [6, 6.07) is 5.29. The van der Waals surface area contributed by atoms with Gasteiger partial charge in [-0.05, 0) is 32.3 Å². The number of methoxy groups -OCH3 is 3. The van der Waals surface area contributed by atoms with Crippen LogP contribution in [-0.4, -0.2) is 45.7 Å². The molecule has 0 saturated carbocycles. The van der Waals surface area contributed by atoms with E-state index >= 15 is 0 Å². The van der Waals surface area contributed by atoms with Crippen LogP contribution in [0.15, 0.2) is 40.7 Å². The fourth-order valence-electron chi connectivity index (χ4n) is 4.61. The topological polar surface area (TPSA) is 100 Å². The predicted octanol–water partition coefficient (Wildman–Crippen LogP) is 2.88. The fraction of sp³-hybridized carbons (Fsp3) is 0.458. The summed E-state index contributed by atoms with van der Waals surface area (Å²) in [6.07, 6.45) is 0.455. The van der Waals surface area contributed by atoms with Crippen LogP contribution in [0.2, 0.25) is 0 Å². The van der Waals surface area contributed by atoms with E-state index in [-0.39, 0.29) is 18.3 Å². The standard InChI is InChI=1S/C24H29NO7/c1-7-32-24(28)18-13(3)25-15-11-12(2)17(23(27)31-6)21(26)20(15)19(18)14-9-8-10-16(29-4)22(14)30-5/h8-10,12,17,19,25H,7,11H2,1-6H3/t12-,17+,19-/m0/s1. The number of nitrogens with one attached hydrogen (secondary N) is 1. The van der Waals surface area contributed by atoms with Gasteiger partial charge in [-0.3, -0.25) is 9.59 Å². The average molecular weight is 443 g/mol. The number of carbonyl (C=O) groups excluding carboxylic acids is 3. The van der Waals surface area contributed by atoms with Crippen LogP contribution in [-0.2, 0) is 23.9 Å². The van der Waals surface area contributed by atoms with Crippen molar-refractivity contribution in [3.63, 3.8) is 0 Å². The lowest BCUT2D eigenvalue weighted by Crippen LogP contribution is -2.43. The van der Waals surface area contributed by atoms with Crippen molar-refractivity contribution in [3.05, 3.63) is 46.3 Å². The van der Waals surface area contributed by atoms with Gasteiger partial charge in [0.1, 0.15) is 5.92 Å². The SMILES string of the molecule is CCOC(=O)C1=C(C)NC2=C(C(=O)[C@H](C(=O)OC)[C@@H](C)C2)[C@H]1c1cccc(OC)c1OC. The predicted molar refractivity (Wildman–Crippen MR) is 116 cm³/mol. The van der Waals surface area contributed by atoms with Crippen LogP contribution < -0.4 is 14.8 Å². The third kappa shape index (κ3) is 3.85. The number of ether oxygens (including phenoxy) is 4. The summed E-state index contributed by atoms with van der Waals surface area (Å²) in [4.78, 5) is 39.2. The highest BCUT2D eigenvalue weighted by Gasteiger charge is 2.48. The zero-order chi connectivity index (χ0) is 23.6. The Bertz CT molecular complexity index is 1010. The summed E-state index contributed by atoms with van der Waals surface area (Å²) in [5.41, 5.74) is 2.49. The summed E-state index contributed by atoms with van der Waals surface area (Å²) < 4.78 is 21.3. The van der Waals surface area contributed by atoms with Crippen LogP contribution in [0, 0.1) is 11.8 Å². The molecule has 1 aromatic rings. The lowest BCUT2D eigenvalue weighted by Gasteiger charge is -2.38. The largest absolute Gasteiger partial charge is 0.493 e. The molecular formula is C24H29NO7. The molecule has 1 aliphatic heterocycles. The molecule has 172 valence electrons. The van der Waals surface area contributed by atoms with Crippen molar-refractivity contribution in [1.82, 2.24) is 5.32 Å². The molecule has 3 atom stereocenters. The van der Waals surface area contributed by atoms with Gasteiger partial charge in [0, 0.05) is 22.5 Å². The number of rotatable bonds is 6. The Morgan fingerprint density at radius 3 is 2.47 bits per heavy atom. The molecule has 32 heavy (non-hydrogen) atoms. The number of benzene rings is 1. The minimum absolute atomic E-state index is 0.180. The summed E-state index contributed by atoms with van der Waals surface area (Å²) >= 11 is 0. The number of dihydropyridines is 1. The molecule has 0 fully saturated rings. The van der Waals surface area contributed by atoms with Crippen molar-refractivity contribution in [2.75, 3.05) is 27.9 Å². The van der Waals surface area contributed by atoms with Gasteiger partial charge >= 0.3 is 11.9 Å². The van der Waals surface area contributed by atoms with E-state index in [2.05, 4.69) is 5.32 Å². The molecule has 1 N–H and O–H groups in total. The second kappa shape index (κ2) is 9.46. The first-order chi connectivity index (χ1) is 15.3. The van der Waals surface area contributed by atoms with Crippen LogP contribution in [0.25, 0.3) is 0 Å². The second-order valence-corrected chi connectivity index (χ2v) is 7.84. The van der Waals surface area contributed by atoms with Gasteiger partial charge in [-0.15, -0.1) is 0 Å². The number of hydrogen-bond donors (Lipinski definition) is 1. The third-order valence-electron chi connectivity index (χ3n) is 5.98. The van der Waals surface area contributed by atoms with Crippen LogP contribution in [0.5, 0.6) is 11.5 Å². The highest BCUT2D eigenvalue weighted by atomic mass is 16.5. The first kappa shape index (κ1) is 23.4. The zero-order valence-electron chi connectivity index (χ0n) is 19.2. The van der Waals surface area contributed by atoms with Gasteiger partial charge in [-0.1, -0.05) is 19.1 Å². The van der Waals surface area contributed by atoms with Gasteiger partial charge in [0.15, 0.2) is 17.3 Å². The smallest absolute Gasteiger partial charge is 0.336 e. The minimum atomic E-state index is -0.957. The lowest BCUT2D eigenvalue weighted by molar-refractivity contribution is -0.151. The van der Waals surface area contributed by atoms with E-state index in [0.29, 0.717) is 46.0 Å². The third-order valence-corrected chi connectivity index (χ3v) is 5.98. The van der Waals surface area contributed by atoms with Crippen molar-refractivity contribution in [2.24, 2.45) is 11.8 Å². The van der Waals surface area contributed by atoms with Crippen molar-refractivity contribution in [1.29, 1.82) is 0 Å². The first-order valence-electron chi connectivity index (χ1n) is 10.5. The maximum atomic E-state index is 13.7. The Kier molecular flexibility index (Phi) is 6.91. The van der Waals surface area contributed by atoms with E-state index < -0.39 is 23.8 Å². The molecule has 1 aliphatic carbocycles. The van der Waals surface area contributed by atoms with Crippen molar-refractivity contribution in [3.8, 4) is 11.5 Å². The molecule has 0 aromatic heterocycles. The van der Waals surface area contributed by atoms with Crippen LogP contribution in [0.1, 0.15) is 38.7 Å². The Labute approximate surface area is 187 Å². The molecule has 0 saturated heterocycles. The average Bonchev–Trinajstić information content (AvgIpc) is 2.77. The van der Waals surface area contributed by atoms with E-state index in [9.17, 15) is 14.4 Å². The summed E-state index contributed by atoms with van der Waals surface area (Å²) in [6.45, 7) is 5.51. The number of ketones is 1. The Balaban J connectivity index is 2.28. The van der Waals surface area contributed by atoms with Gasteiger partial charge in [0.05, 0.1) is 39.4 Å². The van der Waals surface area contributed by atoms with E-state index in [1.165, 1.54) is 21.3 Å². The summed E-state index contributed by atoms with van der Waals surface area (Å²) in [5.74, 6) is -2.64. The number of esters is 2. The number of para-hydroxylation sites is 1. The molecule has 0 bridgehead atoms. The molecule has 1 heterocycles. The molecule has 0 radical (unpaired) electrons. The number of allylic oxidation sites excluding steroid dienone is 3. The van der Waals surface area contributed by atoms with Gasteiger partial charge in [-0.25, -0.2) is 4.79 Å². The Morgan fingerprint density at radius 1 is 1.16 bits per heavy atom. The molecule has 0 unspecified atom stereocenters. The van der Waals surface area contributed by atoms with E-state index in [1.807, 2.05) is 6.92 Å². The maximum Gasteiger partial charge on any atom is 0.336 e. The monoisotopic (exact) mass is 443 g/mol. The lowest BCUT2D eigenvalue weighted by atomic mass is 9.69. The normalized spacial score (nSPS) is 22.7. The van der Waals surface area contributed by atoms with Crippen molar-refractivity contribution < 1.29 is 33.3 Å². The van der Waals surface area contributed by atoms with Gasteiger partial charge in [0.2, 0.25) is 0 Å². The fourth-order valence-corrected chi connectivity index (χ4v) is 4.61. The number of Topliss-reactive ketones (excluding diaryl/α,β-unsaturated/α-hetero) is 1. The highest BCUT2D eigenvalue weighted by molar-refractivity contribution is 6.12. The molecule has 8 heteroatoms. The molecule has 0 amide bonds. The summed E-state index contributed by atoms with van der Waals surface area (Å²) in [5, 5.41) is 3.23. The van der Waals surface area contributed by atoms with Crippen LogP contribution in [0.4, 0.5) is 0 Å². The Morgan fingerprint density at radius 2 is 1.88 bits per heavy atom. The molecule has 2 aliphatic rings. The van der Waals surface area contributed by atoms with E-state index in [4.69, 9.17) is 18.9 Å². The quantitative estimate of drug-likeness (QED) is 0.529. The molecule has 0 spiro atoms. The van der Waals surface area contributed by atoms with Crippen molar-refractivity contribution in [2.45, 2.75) is 33.1 Å². The molecule has 3 rings (SSSR count). The Hall–Kier alpha value is -3.29. The maximum absolute atomic E-state index is 13.7. The first-order valence-corrected chi connectivity index (χ1v) is 10.5. The second-order valence-electron chi connectivity index (χ2n) is 7.84. The van der Waals surface area contributed by atoms with Crippen LogP contribution >= 0.6 is 0 Å². The number of hydrogen-bond acceptors (Lipinski definition) is 8. The van der Waals surface area contributed by atoms with E-state index in [0.717, 1.165) is 0 Å². The summed E-state index contributed by atoms with van der Waals surface area (Å²) in [7, 11) is 4.28.